The lowest BCUT2D eigenvalue weighted by Crippen LogP contribution is -2.28. The maximum absolute atomic E-state index is 11.9. The van der Waals surface area contributed by atoms with Crippen molar-refractivity contribution in [3.8, 4) is 10.6 Å². The first kappa shape index (κ1) is 16.0. The highest BCUT2D eigenvalue weighted by molar-refractivity contribution is 7.19. The van der Waals surface area contributed by atoms with E-state index in [0.717, 1.165) is 4.88 Å². The van der Waals surface area contributed by atoms with Gasteiger partial charge in [0.15, 0.2) is 11.5 Å². The molecule has 0 aliphatic rings. The fourth-order valence-electron chi connectivity index (χ4n) is 1.70. The molecule has 0 aliphatic carbocycles. The number of hydrogen-bond donors (Lipinski definition) is 2. The fourth-order valence-corrected chi connectivity index (χ4v) is 2.69. The summed E-state index contributed by atoms with van der Waals surface area (Å²) in [4.78, 5) is 12.7. The van der Waals surface area contributed by atoms with E-state index in [1.54, 1.807) is 12.1 Å². The van der Waals surface area contributed by atoms with Crippen molar-refractivity contribution in [1.82, 2.24) is 10.5 Å². The van der Waals surface area contributed by atoms with E-state index in [1.807, 2.05) is 19.9 Å². The largest absolute Gasteiger partial charge is 0.393 e. The van der Waals surface area contributed by atoms with Crippen LogP contribution in [0, 0.1) is 5.92 Å². The highest BCUT2D eigenvalue weighted by Gasteiger charge is 2.15. The Bertz CT molecular complexity index is 609. The number of aliphatic hydroxyl groups is 1. The van der Waals surface area contributed by atoms with E-state index in [9.17, 15) is 9.90 Å². The second kappa shape index (κ2) is 7.06. The molecule has 2 N–H and O–H groups in total. The summed E-state index contributed by atoms with van der Waals surface area (Å²) in [5, 5.41) is 16.1. The van der Waals surface area contributed by atoms with Crippen LogP contribution in [-0.2, 0) is 0 Å². The minimum absolute atomic E-state index is 0.170. The van der Waals surface area contributed by atoms with Gasteiger partial charge in [0.25, 0.3) is 5.91 Å². The molecule has 0 bridgehead atoms. The molecule has 0 radical (unpaired) electrons. The highest BCUT2D eigenvalue weighted by Crippen LogP contribution is 2.31. The lowest BCUT2D eigenvalue weighted by Gasteiger charge is -2.13. The molecule has 2 aromatic heterocycles. The minimum atomic E-state index is -0.425. The van der Waals surface area contributed by atoms with Gasteiger partial charge >= 0.3 is 0 Å². The van der Waals surface area contributed by atoms with Crippen molar-refractivity contribution in [2.75, 3.05) is 6.54 Å². The third-order valence-corrected chi connectivity index (χ3v) is 4.30. The number of nitrogens with one attached hydrogen (secondary N) is 1. The van der Waals surface area contributed by atoms with Gasteiger partial charge in [0.05, 0.1) is 15.3 Å². The second-order valence-electron chi connectivity index (χ2n) is 5.04. The molecule has 0 aromatic carbocycles. The summed E-state index contributed by atoms with van der Waals surface area (Å²) < 4.78 is 5.79. The quantitative estimate of drug-likeness (QED) is 0.854. The van der Waals surface area contributed by atoms with Gasteiger partial charge in [0.2, 0.25) is 0 Å². The highest BCUT2D eigenvalue weighted by atomic mass is 35.5. The number of carbonyl (C=O) groups excluding carboxylic acids is 1. The fraction of sp³-hybridized carbons (Fsp3) is 0.429. The van der Waals surface area contributed by atoms with Gasteiger partial charge < -0.3 is 14.9 Å². The molecular formula is C14H17ClN2O3S. The van der Waals surface area contributed by atoms with Crippen LogP contribution >= 0.6 is 22.9 Å². The lowest BCUT2D eigenvalue weighted by atomic mass is 10.0. The number of rotatable bonds is 6. The van der Waals surface area contributed by atoms with Gasteiger partial charge in [-0.05, 0) is 24.5 Å². The number of aliphatic hydroxyl groups excluding tert-OH is 1. The molecule has 0 saturated heterocycles. The van der Waals surface area contributed by atoms with Crippen molar-refractivity contribution in [3.05, 3.63) is 28.2 Å². The zero-order valence-electron chi connectivity index (χ0n) is 11.8. The molecular weight excluding hydrogens is 312 g/mol. The zero-order valence-corrected chi connectivity index (χ0v) is 13.4. The van der Waals surface area contributed by atoms with Crippen molar-refractivity contribution in [2.24, 2.45) is 5.92 Å². The summed E-state index contributed by atoms with van der Waals surface area (Å²) >= 11 is 7.21. The standard InChI is InChI=1S/C14H17ClN2O3S/c1-8(2)10(18)5-6-16-14(19)9-7-11(20-17-9)12-3-4-13(15)21-12/h3-4,7-8,10,18H,5-6H2,1-2H3,(H,16,19). The monoisotopic (exact) mass is 328 g/mol. The van der Waals surface area contributed by atoms with E-state index < -0.39 is 6.10 Å². The predicted molar refractivity (Wildman–Crippen MR) is 82.6 cm³/mol. The summed E-state index contributed by atoms with van der Waals surface area (Å²) in [6, 6.07) is 5.15. The van der Waals surface area contributed by atoms with Crippen LogP contribution < -0.4 is 5.32 Å². The first-order chi connectivity index (χ1) is 9.97. The van der Waals surface area contributed by atoms with Crippen molar-refractivity contribution in [3.63, 3.8) is 0 Å². The topological polar surface area (TPSA) is 75.4 Å². The minimum Gasteiger partial charge on any atom is -0.393 e. The number of amides is 1. The first-order valence-corrected chi connectivity index (χ1v) is 7.85. The molecule has 0 fully saturated rings. The third kappa shape index (κ3) is 4.30. The average Bonchev–Trinajstić information content (AvgIpc) is 3.06. The molecule has 2 rings (SSSR count). The Hall–Kier alpha value is -1.37. The van der Waals surface area contributed by atoms with Crippen LogP contribution in [0.5, 0.6) is 0 Å². The van der Waals surface area contributed by atoms with Crippen LogP contribution in [0.2, 0.25) is 4.34 Å². The van der Waals surface area contributed by atoms with E-state index in [0.29, 0.717) is 23.1 Å². The average molecular weight is 329 g/mol. The van der Waals surface area contributed by atoms with Gasteiger partial charge in [-0.1, -0.05) is 30.6 Å². The van der Waals surface area contributed by atoms with Gasteiger partial charge in [0.1, 0.15) is 0 Å². The van der Waals surface area contributed by atoms with Crippen molar-refractivity contribution in [1.29, 1.82) is 0 Å². The molecule has 0 aliphatic heterocycles. The number of aromatic nitrogens is 1. The molecule has 21 heavy (non-hydrogen) atoms. The molecule has 1 amide bonds. The van der Waals surface area contributed by atoms with Crippen molar-refractivity contribution in [2.45, 2.75) is 26.4 Å². The molecule has 1 unspecified atom stereocenters. The number of carbonyl (C=O) groups is 1. The third-order valence-electron chi connectivity index (χ3n) is 3.05. The summed E-state index contributed by atoms with van der Waals surface area (Å²) in [6.07, 6.45) is 0.0840. The summed E-state index contributed by atoms with van der Waals surface area (Å²) in [5.41, 5.74) is 0.216. The van der Waals surface area contributed by atoms with Crippen LogP contribution in [0.3, 0.4) is 0 Å². The Labute approximate surface area is 131 Å². The van der Waals surface area contributed by atoms with Gasteiger partial charge in [-0.2, -0.15) is 0 Å². The SMILES string of the molecule is CC(C)C(O)CCNC(=O)c1cc(-c2ccc(Cl)s2)on1. The van der Waals surface area contributed by atoms with Gasteiger partial charge in [-0.15, -0.1) is 11.3 Å². The molecule has 0 spiro atoms. The molecule has 7 heteroatoms. The van der Waals surface area contributed by atoms with Gasteiger partial charge in [0, 0.05) is 12.6 Å². The smallest absolute Gasteiger partial charge is 0.273 e. The molecule has 1 atom stereocenters. The molecule has 0 saturated carbocycles. The van der Waals surface area contributed by atoms with Crippen molar-refractivity contribution < 1.29 is 14.4 Å². The lowest BCUT2D eigenvalue weighted by molar-refractivity contribution is 0.0912. The van der Waals surface area contributed by atoms with Crippen LogP contribution in [0.25, 0.3) is 10.6 Å². The number of halogens is 1. The summed E-state index contributed by atoms with van der Waals surface area (Å²) in [5.74, 6) is 0.368. The van der Waals surface area contributed by atoms with Crippen LogP contribution in [0.1, 0.15) is 30.8 Å². The number of thiophene rings is 1. The Kier molecular flexibility index (Phi) is 5.39. The zero-order chi connectivity index (χ0) is 15.4. The summed E-state index contributed by atoms with van der Waals surface area (Å²) in [6.45, 7) is 4.26. The van der Waals surface area contributed by atoms with Crippen LogP contribution in [-0.4, -0.2) is 28.8 Å². The van der Waals surface area contributed by atoms with Gasteiger partial charge in [-0.25, -0.2) is 0 Å². The maximum atomic E-state index is 11.9. The number of nitrogens with zero attached hydrogens (tertiary/aromatic N) is 1. The molecule has 2 aromatic rings. The Balaban J connectivity index is 1.90. The van der Waals surface area contributed by atoms with Crippen molar-refractivity contribution >= 4 is 28.8 Å². The van der Waals surface area contributed by atoms with E-state index in [1.165, 1.54) is 11.3 Å². The second-order valence-corrected chi connectivity index (χ2v) is 6.75. The van der Waals surface area contributed by atoms with Crippen LogP contribution in [0.4, 0.5) is 0 Å². The Morgan fingerprint density at radius 3 is 2.90 bits per heavy atom. The van der Waals surface area contributed by atoms with E-state index in [4.69, 9.17) is 16.1 Å². The molecule has 5 nitrogen and oxygen atoms in total. The molecule has 114 valence electrons. The first-order valence-electron chi connectivity index (χ1n) is 6.66. The summed E-state index contributed by atoms with van der Waals surface area (Å²) in [7, 11) is 0. The predicted octanol–water partition coefficient (Wildman–Crippen LogP) is 3.19. The maximum Gasteiger partial charge on any atom is 0.273 e. The van der Waals surface area contributed by atoms with Crippen LogP contribution in [0.15, 0.2) is 22.7 Å². The van der Waals surface area contributed by atoms with E-state index >= 15 is 0 Å². The van der Waals surface area contributed by atoms with Gasteiger partial charge in [-0.3, -0.25) is 4.79 Å². The molecule has 2 heterocycles. The Morgan fingerprint density at radius 2 is 2.29 bits per heavy atom. The Morgan fingerprint density at radius 1 is 1.52 bits per heavy atom. The number of hydrogen-bond acceptors (Lipinski definition) is 5. The van der Waals surface area contributed by atoms with E-state index in [2.05, 4.69) is 10.5 Å². The normalized spacial score (nSPS) is 12.6. The van der Waals surface area contributed by atoms with E-state index in [-0.39, 0.29) is 17.5 Å².